The number of hydrogen-bond donors (Lipinski definition) is 0. The van der Waals surface area contributed by atoms with Crippen molar-refractivity contribution in [2.75, 3.05) is 0 Å². The van der Waals surface area contributed by atoms with E-state index in [-0.39, 0.29) is 5.41 Å². The van der Waals surface area contributed by atoms with Gasteiger partial charge in [0.05, 0.1) is 0 Å². The van der Waals surface area contributed by atoms with Crippen LogP contribution in [0.4, 0.5) is 0 Å². The average molecular weight is 687 g/mol. The second-order valence-electron chi connectivity index (χ2n) is 11.3. The molecule has 0 saturated carbocycles. The zero-order valence-corrected chi connectivity index (χ0v) is 28.0. The van der Waals surface area contributed by atoms with Crippen LogP contribution in [0, 0.1) is 6.08 Å². The minimum Gasteiger partial charge on any atom is -0.273 e. The number of fused-ring (bicyclic) bond motifs is 3. The Labute approximate surface area is 255 Å². The van der Waals surface area contributed by atoms with Crippen molar-refractivity contribution in [3.05, 3.63) is 150 Å². The Morgan fingerprint density at radius 3 is 1.77 bits per heavy atom. The van der Waals surface area contributed by atoms with E-state index in [1.54, 1.807) is 0 Å². The van der Waals surface area contributed by atoms with E-state index in [2.05, 4.69) is 143 Å². The van der Waals surface area contributed by atoms with Crippen molar-refractivity contribution >= 4 is 24.8 Å². The Bertz CT molecular complexity index is 1510. The van der Waals surface area contributed by atoms with Crippen LogP contribution in [-0.2, 0) is 35.7 Å². The van der Waals surface area contributed by atoms with Gasteiger partial charge in [0.2, 0.25) is 0 Å². The molecule has 0 atom stereocenters. The zero-order valence-electron chi connectivity index (χ0n) is 24.4. The van der Waals surface area contributed by atoms with Crippen LogP contribution in [0.5, 0.6) is 0 Å². The van der Waals surface area contributed by atoms with E-state index in [9.17, 15) is 0 Å². The summed E-state index contributed by atoms with van der Waals surface area (Å²) in [6, 6.07) is 37.6. The fourth-order valence-corrected chi connectivity index (χ4v) is 5.96. The van der Waals surface area contributed by atoms with Gasteiger partial charge in [-0.05, 0) is 0 Å². The minimum absolute atomic E-state index is 0.227. The summed E-state index contributed by atoms with van der Waals surface area (Å²) < 4.78 is 1.49. The van der Waals surface area contributed by atoms with Crippen LogP contribution in [0.1, 0.15) is 69.2 Å². The fraction of sp³-hybridized carbons (Fsp3) is 0.231. The summed E-state index contributed by atoms with van der Waals surface area (Å²) in [6.07, 6.45) is 13.7. The largest absolute Gasteiger partial charge is 0.273 e. The summed E-state index contributed by atoms with van der Waals surface area (Å²) in [7, 11) is 0. The first-order chi connectivity index (χ1) is 19.4. The summed E-state index contributed by atoms with van der Waals surface area (Å²) in [5.41, 5.74) is 5.85. The Kier molecular flexibility index (Phi) is 10.9. The van der Waals surface area contributed by atoms with E-state index < -0.39 is 0 Å². The molecule has 0 nitrogen and oxygen atoms in total. The van der Waals surface area contributed by atoms with Crippen LogP contribution in [0.2, 0.25) is 0 Å². The molecular weight excluding hydrogens is 647 g/mol. The van der Waals surface area contributed by atoms with Gasteiger partial charge in [0.15, 0.2) is 0 Å². The molecule has 0 spiro atoms. The summed E-state index contributed by atoms with van der Waals surface area (Å²) in [6.45, 7) is 9.05. The SMILES string of the molecule is CCCCc1ccc([C](=[Hf+2])c2ccc(C(C)(C)C)cc2)cc1.[C-]1=CC=CC1.c1ccc2c(c1)[cH-]c1ccccc12. The van der Waals surface area contributed by atoms with Gasteiger partial charge in [-0.25, -0.2) is 12.2 Å². The fourth-order valence-electron chi connectivity index (χ4n) is 4.77. The molecule has 0 unspecified atom stereocenters. The number of hydrogen-bond acceptors (Lipinski definition) is 0. The first kappa shape index (κ1) is 29.9. The Balaban J connectivity index is 0.000000170. The second kappa shape index (κ2) is 14.6. The monoisotopic (exact) mass is 688 g/mol. The molecule has 0 fully saturated rings. The summed E-state index contributed by atoms with van der Waals surface area (Å²) >= 11 is 1.07. The van der Waals surface area contributed by atoms with Crippen LogP contribution in [-0.4, -0.2) is 3.26 Å². The molecule has 200 valence electrons. The first-order valence-electron chi connectivity index (χ1n) is 14.4. The average Bonchev–Trinajstić information content (AvgIpc) is 3.68. The molecule has 1 heteroatoms. The molecule has 1 aliphatic carbocycles. The summed E-state index contributed by atoms with van der Waals surface area (Å²) in [4.78, 5) is 0. The van der Waals surface area contributed by atoms with Gasteiger partial charge in [0, 0.05) is 0 Å². The Morgan fingerprint density at radius 1 is 0.775 bits per heavy atom. The second-order valence-corrected chi connectivity index (χ2v) is 13.1. The van der Waals surface area contributed by atoms with Gasteiger partial charge in [-0.3, -0.25) is 6.08 Å². The van der Waals surface area contributed by atoms with Crippen molar-refractivity contribution in [2.24, 2.45) is 0 Å². The smallest absolute Gasteiger partial charge is 0.0771 e. The van der Waals surface area contributed by atoms with Crippen molar-refractivity contribution in [1.29, 1.82) is 0 Å². The standard InChI is InChI=1S/C21H26.C13H9.C5H5.Hf/c1-5-6-7-17-8-10-18(11-9-17)16-19-12-14-20(15-13-19)21(2,3)4;1-3-7-12-10(5-1)9-11-6-2-4-8-13(11)12;1-2-4-5-3-1;/h8-15H,5-7H2,1-4H3;1-9H;1-3H,4H2;/q;2*-1;+2. The van der Waals surface area contributed by atoms with Crippen LogP contribution < -0.4 is 0 Å². The van der Waals surface area contributed by atoms with E-state index in [0.29, 0.717) is 0 Å². The van der Waals surface area contributed by atoms with Crippen molar-refractivity contribution in [2.45, 2.75) is 58.8 Å². The molecule has 0 heterocycles. The predicted octanol–water partition coefficient (Wildman–Crippen LogP) is 10.5. The maximum Gasteiger partial charge on any atom is -0.0771 e. The molecule has 0 aliphatic heterocycles. The third-order valence-corrected chi connectivity index (χ3v) is 9.28. The summed E-state index contributed by atoms with van der Waals surface area (Å²) in [5.74, 6) is 0. The molecule has 1 aliphatic rings. The maximum atomic E-state index is 2.99. The molecule has 0 amide bonds. The number of benzene rings is 4. The van der Waals surface area contributed by atoms with Gasteiger partial charge in [0.25, 0.3) is 0 Å². The van der Waals surface area contributed by atoms with Gasteiger partial charge in [0.1, 0.15) is 0 Å². The number of aryl methyl sites for hydroxylation is 1. The molecule has 6 rings (SSSR count). The van der Waals surface area contributed by atoms with E-state index in [4.69, 9.17) is 0 Å². The minimum atomic E-state index is 0.227. The number of allylic oxidation sites excluding steroid dienone is 4. The molecule has 5 aromatic carbocycles. The van der Waals surface area contributed by atoms with Gasteiger partial charge in [-0.15, -0.1) is 46.2 Å². The van der Waals surface area contributed by atoms with Crippen LogP contribution in [0.3, 0.4) is 0 Å². The Morgan fingerprint density at radius 2 is 1.32 bits per heavy atom. The van der Waals surface area contributed by atoms with E-state index in [1.807, 2.05) is 12.2 Å². The van der Waals surface area contributed by atoms with Crippen LogP contribution >= 0.6 is 0 Å². The van der Waals surface area contributed by atoms with Crippen LogP contribution in [0.15, 0.2) is 121 Å². The number of unbranched alkanes of at least 4 members (excludes halogenated alkanes) is 1. The van der Waals surface area contributed by atoms with Gasteiger partial charge >= 0.3 is 150 Å². The molecule has 40 heavy (non-hydrogen) atoms. The normalized spacial score (nSPS) is 12.2. The molecular formula is C39H40Hf. The van der Waals surface area contributed by atoms with Crippen LogP contribution in [0.25, 0.3) is 21.5 Å². The third-order valence-electron chi connectivity index (χ3n) is 7.21. The van der Waals surface area contributed by atoms with Gasteiger partial charge in [-0.2, -0.15) is 6.08 Å². The van der Waals surface area contributed by atoms with Crippen molar-refractivity contribution in [3.8, 4) is 0 Å². The number of rotatable bonds is 5. The van der Waals surface area contributed by atoms with E-state index in [1.165, 1.54) is 66.3 Å². The van der Waals surface area contributed by atoms with Gasteiger partial charge in [-0.1, -0.05) is 36.4 Å². The van der Waals surface area contributed by atoms with Crippen molar-refractivity contribution in [1.82, 2.24) is 0 Å². The molecule has 0 radical (unpaired) electrons. The topological polar surface area (TPSA) is 0 Å². The molecule has 0 N–H and O–H groups in total. The molecule has 5 aromatic rings. The molecule has 0 bridgehead atoms. The van der Waals surface area contributed by atoms with Crippen molar-refractivity contribution < 1.29 is 23.9 Å². The predicted molar refractivity (Wildman–Crippen MR) is 172 cm³/mol. The summed E-state index contributed by atoms with van der Waals surface area (Å²) in [5, 5.41) is 5.39. The van der Waals surface area contributed by atoms with Gasteiger partial charge < -0.3 is 0 Å². The van der Waals surface area contributed by atoms with Crippen molar-refractivity contribution in [3.63, 3.8) is 0 Å². The molecule has 0 saturated heterocycles. The first-order valence-corrected chi connectivity index (χ1v) is 16.2. The van der Waals surface area contributed by atoms with E-state index >= 15 is 0 Å². The Hall–Kier alpha value is -3.03. The molecule has 0 aromatic heterocycles. The zero-order chi connectivity index (χ0) is 28.4. The quantitative estimate of drug-likeness (QED) is 0.128. The van der Waals surface area contributed by atoms with E-state index in [0.717, 1.165) is 30.3 Å². The third kappa shape index (κ3) is 8.24. The maximum absolute atomic E-state index is 2.99.